The number of rotatable bonds is 7. The lowest BCUT2D eigenvalue weighted by molar-refractivity contribution is -0.387. The highest BCUT2D eigenvalue weighted by atomic mass is 32.2. The number of nitro groups is 1. The van der Waals surface area contributed by atoms with E-state index in [0.717, 1.165) is 29.0 Å². The van der Waals surface area contributed by atoms with Crippen molar-refractivity contribution in [1.82, 2.24) is 25.6 Å². The maximum atomic E-state index is 12.4. The quantitative estimate of drug-likeness (QED) is 0.408. The average molecular weight is 456 g/mol. The Morgan fingerprint density at radius 3 is 2.66 bits per heavy atom. The zero-order chi connectivity index (χ0) is 23.3. The highest BCUT2D eigenvalue weighted by Crippen LogP contribution is 2.34. The van der Waals surface area contributed by atoms with Gasteiger partial charge in [0.25, 0.3) is 17.5 Å². The number of nitro benzene ring substituents is 1. The number of amides is 2. The van der Waals surface area contributed by atoms with Crippen LogP contribution in [0.3, 0.4) is 0 Å². The Morgan fingerprint density at radius 2 is 1.97 bits per heavy atom. The molecule has 32 heavy (non-hydrogen) atoms. The number of nitrogens with one attached hydrogen (secondary N) is 2. The van der Waals surface area contributed by atoms with Gasteiger partial charge in [0.1, 0.15) is 12.1 Å². The molecule has 0 unspecified atom stereocenters. The average Bonchev–Trinajstić information content (AvgIpc) is 3.17. The summed E-state index contributed by atoms with van der Waals surface area (Å²) in [7, 11) is 1.71. The zero-order valence-electron chi connectivity index (χ0n) is 17.5. The van der Waals surface area contributed by atoms with Crippen molar-refractivity contribution in [3.8, 4) is 5.75 Å². The van der Waals surface area contributed by atoms with E-state index in [-0.39, 0.29) is 17.9 Å². The molecule has 2 N–H and O–H groups in total. The normalized spacial score (nSPS) is 10.5. The van der Waals surface area contributed by atoms with Crippen LogP contribution in [-0.4, -0.2) is 38.1 Å². The van der Waals surface area contributed by atoms with E-state index in [2.05, 4.69) is 21.0 Å². The minimum Gasteiger partial charge on any atom is -0.483 e. The third kappa shape index (κ3) is 5.60. The molecule has 0 radical (unpaired) electrons. The molecule has 2 amide bonds. The molecule has 12 heteroatoms. The van der Waals surface area contributed by atoms with Crippen LogP contribution in [0.1, 0.15) is 21.5 Å². The molecule has 0 spiro atoms. The number of nitrogens with zero attached hydrogens (tertiary/aromatic N) is 4. The zero-order valence-corrected chi connectivity index (χ0v) is 18.3. The van der Waals surface area contributed by atoms with Crippen LogP contribution in [0, 0.1) is 24.0 Å². The van der Waals surface area contributed by atoms with Crippen molar-refractivity contribution in [2.45, 2.75) is 23.9 Å². The third-order valence-corrected chi connectivity index (χ3v) is 5.42. The molecule has 0 aliphatic heterocycles. The standard InChI is InChI=1S/C20H20N6O5S/c1-12-4-5-13(2)16(8-12)31-10-18(27)22-23-19(28)14-6-7-17(15(9-14)26(29)30)32-20-24-21-11-25(20)3/h4-9,11H,10H2,1-3H3,(H,22,27)(H,23,28). The van der Waals surface area contributed by atoms with Crippen molar-refractivity contribution < 1.29 is 19.2 Å². The summed E-state index contributed by atoms with van der Waals surface area (Å²) in [6.07, 6.45) is 1.47. The maximum Gasteiger partial charge on any atom is 0.284 e. The minimum atomic E-state index is -0.705. The van der Waals surface area contributed by atoms with E-state index in [0.29, 0.717) is 15.8 Å². The Bertz CT molecular complexity index is 1180. The van der Waals surface area contributed by atoms with E-state index in [9.17, 15) is 19.7 Å². The van der Waals surface area contributed by atoms with Gasteiger partial charge in [-0.3, -0.25) is 30.6 Å². The van der Waals surface area contributed by atoms with Gasteiger partial charge in [0.2, 0.25) is 0 Å². The van der Waals surface area contributed by atoms with Crippen LogP contribution >= 0.6 is 11.8 Å². The number of hydrogen-bond donors (Lipinski definition) is 2. The number of carbonyl (C=O) groups is 2. The summed E-state index contributed by atoms with van der Waals surface area (Å²) in [6.45, 7) is 3.45. The smallest absolute Gasteiger partial charge is 0.284 e. The lowest BCUT2D eigenvalue weighted by atomic mass is 10.1. The van der Waals surface area contributed by atoms with Crippen molar-refractivity contribution in [3.63, 3.8) is 0 Å². The first-order chi connectivity index (χ1) is 15.2. The molecule has 0 saturated heterocycles. The van der Waals surface area contributed by atoms with Gasteiger partial charge in [-0.25, -0.2) is 0 Å². The largest absolute Gasteiger partial charge is 0.483 e. The van der Waals surface area contributed by atoms with Crippen LogP contribution in [0.2, 0.25) is 0 Å². The van der Waals surface area contributed by atoms with Gasteiger partial charge in [0, 0.05) is 18.7 Å². The van der Waals surface area contributed by atoms with E-state index in [1.54, 1.807) is 17.7 Å². The van der Waals surface area contributed by atoms with Crippen molar-refractivity contribution in [1.29, 1.82) is 0 Å². The predicted molar refractivity (Wildman–Crippen MR) is 115 cm³/mol. The van der Waals surface area contributed by atoms with E-state index in [1.807, 2.05) is 26.0 Å². The molecular formula is C20H20N6O5S. The lowest BCUT2D eigenvalue weighted by Crippen LogP contribution is -2.43. The second-order valence-corrected chi connectivity index (χ2v) is 7.84. The molecule has 0 bridgehead atoms. The van der Waals surface area contributed by atoms with Gasteiger partial charge >= 0.3 is 0 Å². The molecule has 3 rings (SSSR count). The second kappa shape index (κ2) is 9.92. The summed E-state index contributed by atoms with van der Waals surface area (Å²) in [5.74, 6) is -0.718. The fraction of sp³-hybridized carbons (Fsp3) is 0.200. The Kier molecular flexibility index (Phi) is 7.05. The topological polar surface area (TPSA) is 141 Å². The highest BCUT2D eigenvalue weighted by molar-refractivity contribution is 7.99. The van der Waals surface area contributed by atoms with E-state index in [1.165, 1.54) is 18.5 Å². The van der Waals surface area contributed by atoms with Crippen LogP contribution in [0.4, 0.5) is 5.69 Å². The van der Waals surface area contributed by atoms with Crippen molar-refractivity contribution >= 4 is 29.3 Å². The van der Waals surface area contributed by atoms with Crippen LogP contribution in [0.15, 0.2) is 52.8 Å². The van der Waals surface area contributed by atoms with Gasteiger partial charge in [-0.15, -0.1) is 10.2 Å². The van der Waals surface area contributed by atoms with Crippen molar-refractivity contribution in [2.24, 2.45) is 7.05 Å². The summed E-state index contributed by atoms with van der Waals surface area (Å²) in [4.78, 5) is 35.6. The molecule has 0 aliphatic carbocycles. The van der Waals surface area contributed by atoms with Crippen LogP contribution in [-0.2, 0) is 11.8 Å². The molecule has 0 fully saturated rings. The first kappa shape index (κ1) is 22.7. The van der Waals surface area contributed by atoms with Gasteiger partial charge in [0.15, 0.2) is 11.8 Å². The van der Waals surface area contributed by atoms with Crippen molar-refractivity contribution in [3.05, 3.63) is 69.5 Å². The Morgan fingerprint density at radius 1 is 1.19 bits per heavy atom. The van der Waals surface area contributed by atoms with Crippen molar-refractivity contribution in [2.75, 3.05) is 6.61 Å². The Balaban J connectivity index is 1.61. The third-order valence-electron chi connectivity index (χ3n) is 4.31. The van der Waals surface area contributed by atoms with Crippen LogP contribution < -0.4 is 15.6 Å². The number of ether oxygens (including phenoxy) is 1. The Labute approximate surface area is 187 Å². The molecule has 166 valence electrons. The second-order valence-electron chi connectivity index (χ2n) is 6.83. The summed E-state index contributed by atoms with van der Waals surface area (Å²) in [5.41, 5.74) is 6.06. The van der Waals surface area contributed by atoms with E-state index >= 15 is 0 Å². The van der Waals surface area contributed by atoms with Gasteiger partial charge in [-0.05, 0) is 54.9 Å². The number of hydrazine groups is 1. The van der Waals surface area contributed by atoms with Crippen LogP contribution in [0.5, 0.6) is 5.75 Å². The first-order valence-electron chi connectivity index (χ1n) is 9.34. The van der Waals surface area contributed by atoms with E-state index < -0.39 is 16.7 Å². The predicted octanol–water partition coefficient (Wildman–Crippen LogP) is 2.33. The first-order valence-corrected chi connectivity index (χ1v) is 10.2. The number of aryl methyl sites for hydroxylation is 3. The number of benzene rings is 2. The SMILES string of the molecule is Cc1ccc(C)c(OCC(=O)NNC(=O)c2ccc(Sc3nncn3C)c([N+](=O)[O-])c2)c1. The summed E-state index contributed by atoms with van der Waals surface area (Å²) in [5, 5.41) is 19.6. The number of hydrogen-bond acceptors (Lipinski definition) is 8. The summed E-state index contributed by atoms with van der Waals surface area (Å²) < 4.78 is 7.09. The van der Waals surface area contributed by atoms with Gasteiger partial charge in [0.05, 0.1) is 9.82 Å². The number of carbonyl (C=O) groups excluding carboxylic acids is 2. The van der Waals surface area contributed by atoms with Gasteiger partial charge in [-0.1, -0.05) is 12.1 Å². The molecule has 1 heterocycles. The fourth-order valence-corrected chi connectivity index (χ4v) is 3.44. The molecule has 1 aromatic heterocycles. The maximum absolute atomic E-state index is 12.4. The van der Waals surface area contributed by atoms with Crippen LogP contribution in [0.25, 0.3) is 0 Å². The summed E-state index contributed by atoms with van der Waals surface area (Å²) >= 11 is 1.05. The molecule has 0 aliphatic rings. The monoisotopic (exact) mass is 456 g/mol. The molecule has 3 aromatic rings. The fourth-order valence-electron chi connectivity index (χ4n) is 2.59. The Hall–Kier alpha value is -3.93. The van der Waals surface area contributed by atoms with Gasteiger partial charge < -0.3 is 9.30 Å². The molecule has 0 atom stereocenters. The highest BCUT2D eigenvalue weighted by Gasteiger charge is 2.20. The minimum absolute atomic E-state index is 0.00904. The van der Waals surface area contributed by atoms with E-state index in [4.69, 9.17) is 4.74 Å². The molecule has 2 aromatic carbocycles. The number of aromatic nitrogens is 3. The molecule has 11 nitrogen and oxygen atoms in total. The molecule has 0 saturated carbocycles. The molecular weight excluding hydrogens is 436 g/mol. The summed E-state index contributed by atoms with van der Waals surface area (Å²) in [6, 6.07) is 9.60. The lowest BCUT2D eigenvalue weighted by Gasteiger charge is -2.11. The van der Waals surface area contributed by atoms with Gasteiger partial charge in [-0.2, -0.15) is 0 Å².